The first-order chi connectivity index (χ1) is 8.72. The molecule has 2 rings (SSSR count). The van der Waals surface area contributed by atoms with E-state index in [9.17, 15) is 0 Å². The first-order valence-corrected chi connectivity index (χ1v) is 8.02. The SMILES string of the molecule is CSc1ccc(Nc2cc(SC)ccc2N)cc1. The number of nitrogens with two attached hydrogens (primary N) is 1. The zero-order chi connectivity index (χ0) is 13.0. The van der Waals surface area contributed by atoms with E-state index in [0.717, 1.165) is 17.1 Å². The fraction of sp³-hybridized carbons (Fsp3) is 0.143. The summed E-state index contributed by atoms with van der Waals surface area (Å²) in [7, 11) is 0. The van der Waals surface area contributed by atoms with Gasteiger partial charge in [0.2, 0.25) is 0 Å². The van der Waals surface area contributed by atoms with Crippen LogP contribution in [0.2, 0.25) is 0 Å². The molecule has 0 fully saturated rings. The van der Waals surface area contributed by atoms with E-state index in [-0.39, 0.29) is 0 Å². The van der Waals surface area contributed by atoms with E-state index in [1.165, 1.54) is 9.79 Å². The molecule has 0 aliphatic rings. The molecule has 0 radical (unpaired) electrons. The van der Waals surface area contributed by atoms with Crippen LogP contribution in [-0.4, -0.2) is 12.5 Å². The molecule has 0 spiro atoms. The van der Waals surface area contributed by atoms with Crippen LogP contribution in [-0.2, 0) is 0 Å². The molecule has 0 saturated carbocycles. The number of hydrogen-bond donors (Lipinski definition) is 2. The smallest absolute Gasteiger partial charge is 0.0629 e. The first kappa shape index (κ1) is 13.2. The van der Waals surface area contributed by atoms with Crippen LogP contribution < -0.4 is 11.1 Å². The van der Waals surface area contributed by atoms with Crippen LogP contribution in [0.15, 0.2) is 52.3 Å². The predicted molar refractivity (Wildman–Crippen MR) is 84.1 cm³/mol. The second kappa shape index (κ2) is 6.07. The highest BCUT2D eigenvalue weighted by molar-refractivity contribution is 7.98. The summed E-state index contributed by atoms with van der Waals surface area (Å²) in [6.45, 7) is 0. The van der Waals surface area contributed by atoms with Crippen LogP contribution in [0.1, 0.15) is 0 Å². The third-order valence-electron chi connectivity index (χ3n) is 2.63. The molecule has 0 saturated heterocycles. The van der Waals surface area contributed by atoms with Gasteiger partial charge in [0.1, 0.15) is 0 Å². The Morgan fingerprint density at radius 2 is 1.50 bits per heavy atom. The Kier molecular flexibility index (Phi) is 4.44. The zero-order valence-electron chi connectivity index (χ0n) is 10.4. The van der Waals surface area contributed by atoms with Gasteiger partial charge < -0.3 is 11.1 Å². The van der Waals surface area contributed by atoms with Crippen molar-refractivity contribution in [2.24, 2.45) is 0 Å². The van der Waals surface area contributed by atoms with Crippen LogP contribution in [0, 0.1) is 0 Å². The lowest BCUT2D eigenvalue weighted by atomic mass is 10.2. The van der Waals surface area contributed by atoms with Gasteiger partial charge >= 0.3 is 0 Å². The van der Waals surface area contributed by atoms with Crippen molar-refractivity contribution in [3.8, 4) is 0 Å². The van der Waals surface area contributed by atoms with Crippen molar-refractivity contribution >= 4 is 40.6 Å². The van der Waals surface area contributed by atoms with E-state index in [1.807, 2.05) is 12.1 Å². The van der Waals surface area contributed by atoms with Crippen LogP contribution >= 0.6 is 23.5 Å². The first-order valence-electron chi connectivity index (χ1n) is 5.57. The molecule has 0 atom stereocenters. The fourth-order valence-electron chi connectivity index (χ4n) is 1.60. The Labute approximate surface area is 116 Å². The van der Waals surface area contributed by atoms with Gasteiger partial charge in [0.05, 0.1) is 11.4 Å². The topological polar surface area (TPSA) is 38.0 Å². The molecule has 0 aromatic heterocycles. The Morgan fingerprint density at radius 1 is 0.889 bits per heavy atom. The van der Waals surface area contributed by atoms with Crippen LogP contribution in [0.5, 0.6) is 0 Å². The van der Waals surface area contributed by atoms with Crippen LogP contribution in [0.25, 0.3) is 0 Å². The lowest BCUT2D eigenvalue weighted by Gasteiger charge is -2.11. The zero-order valence-corrected chi connectivity index (χ0v) is 12.1. The van der Waals surface area contributed by atoms with Crippen LogP contribution in [0.3, 0.4) is 0 Å². The van der Waals surface area contributed by atoms with Crippen LogP contribution in [0.4, 0.5) is 17.1 Å². The van der Waals surface area contributed by atoms with Gasteiger partial charge in [-0.15, -0.1) is 23.5 Å². The van der Waals surface area contributed by atoms with Gasteiger partial charge in [-0.25, -0.2) is 0 Å². The van der Waals surface area contributed by atoms with E-state index in [1.54, 1.807) is 23.5 Å². The molecule has 2 nitrogen and oxygen atoms in total. The maximum atomic E-state index is 5.97. The van der Waals surface area contributed by atoms with Gasteiger partial charge in [0, 0.05) is 15.5 Å². The Balaban J connectivity index is 2.21. The van der Waals surface area contributed by atoms with Gasteiger partial charge in [-0.3, -0.25) is 0 Å². The molecular formula is C14H16N2S2. The van der Waals surface area contributed by atoms with Crippen molar-refractivity contribution in [1.82, 2.24) is 0 Å². The molecule has 2 aromatic carbocycles. The number of benzene rings is 2. The number of anilines is 3. The average Bonchev–Trinajstić information content (AvgIpc) is 2.42. The molecule has 2 aromatic rings. The molecule has 18 heavy (non-hydrogen) atoms. The van der Waals surface area contributed by atoms with Gasteiger partial charge in [0.25, 0.3) is 0 Å². The molecule has 94 valence electrons. The van der Waals surface area contributed by atoms with Crippen molar-refractivity contribution in [3.05, 3.63) is 42.5 Å². The highest BCUT2D eigenvalue weighted by atomic mass is 32.2. The maximum absolute atomic E-state index is 5.97. The minimum Gasteiger partial charge on any atom is -0.397 e. The summed E-state index contributed by atoms with van der Waals surface area (Å²) in [6.07, 6.45) is 4.13. The summed E-state index contributed by atoms with van der Waals surface area (Å²) in [5, 5.41) is 3.35. The summed E-state index contributed by atoms with van der Waals surface area (Å²) in [5.74, 6) is 0. The van der Waals surface area contributed by atoms with Crippen molar-refractivity contribution < 1.29 is 0 Å². The lowest BCUT2D eigenvalue weighted by molar-refractivity contribution is 1.41. The Bertz CT molecular complexity index is 524. The normalized spacial score (nSPS) is 10.3. The molecular weight excluding hydrogens is 260 g/mol. The van der Waals surface area contributed by atoms with Crippen molar-refractivity contribution in [2.45, 2.75) is 9.79 Å². The Hall–Kier alpha value is -1.26. The fourth-order valence-corrected chi connectivity index (χ4v) is 2.45. The van der Waals surface area contributed by atoms with E-state index in [2.05, 4.69) is 48.2 Å². The van der Waals surface area contributed by atoms with Gasteiger partial charge in [-0.2, -0.15) is 0 Å². The van der Waals surface area contributed by atoms with Crippen molar-refractivity contribution in [3.63, 3.8) is 0 Å². The molecule has 3 N–H and O–H groups in total. The monoisotopic (exact) mass is 276 g/mol. The highest BCUT2D eigenvalue weighted by Gasteiger charge is 2.01. The summed E-state index contributed by atoms with van der Waals surface area (Å²) in [4.78, 5) is 2.46. The largest absolute Gasteiger partial charge is 0.397 e. The highest BCUT2D eigenvalue weighted by Crippen LogP contribution is 2.28. The number of nitrogen functional groups attached to an aromatic ring is 1. The second-order valence-corrected chi connectivity index (χ2v) is 5.57. The van der Waals surface area contributed by atoms with E-state index in [0.29, 0.717) is 0 Å². The molecule has 4 heteroatoms. The Morgan fingerprint density at radius 3 is 2.11 bits per heavy atom. The number of thioether (sulfide) groups is 2. The van der Waals surface area contributed by atoms with E-state index >= 15 is 0 Å². The van der Waals surface area contributed by atoms with E-state index < -0.39 is 0 Å². The standard InChI is InChI=1S/C14H16N2S2/c1-17-11-5-3-10(4-6-11)16-14-9-12(18-2)7-8-13(14)15/h3-9,16H,15H2,1-2H3. The van der Waals surface area contributed by atoms with Gasteiger partial charge in [-0.05, 0) is 55.0 Å². The molecule has 0 amide bonds. The quantitative estimate of drug-likeness (QED) is 0.639. The minimum absolute atomic E-state index is 0.766. The summed E-state index contributed by atoms with van der Waals surface area (Å²) < 4.78 is 0. The summed E-state index contributed by atoms with van der Waals surface area (Å²) >= 11 is 3.45. The number of hydrogen-bond acceptors (Lipinski definition) is 4. The summed E-state index contributed by atoms with van der Waals surface area (Å²) in [6, 6.07) is 14.4. The van der Waals surface area contributed by atoms with Crippen molar-refractivity contribution in [2.75, 3.05) is 23.6 Å². The van der Waals surface area contributed by atoms with Gasteiger partial charge in [-0.1, -0.05) is 0 Å². The van der Waals surface area contributed by atoms with E-state index in [4.69, 9.17) is 5.73 Å². The number of rotatable bonds is 4. The average molecular weight is 276 g/mol. The summed E-state index contributed by atoms with van der Waals surface area (Å²) in [5.41, 5.74) is 8.75. The molecule has 0 bridgehead atoms. The molecule has 0 heterocycles. The number of nitrogens with one attached hydrogen (secondary N) is 1. The minimum atomic E-state index is 0.766. The maximum Gasteiger partial charge on any atom is 0.0629 e. The van der Waals surface area contributed by atoms with Crippen molar-refractivity contribution in [1.29, 1.82) is 0 Å². The lowest BCUT2D eigenvalue weighted by Crippen LogP contribution is -1.96. The second-order valence-electron chi connectivity index (χ2n) is 3.81. The molecule has 0 unspecified atom stereocenters. The molecule has 0 aliphatic heterocycles. The third kappa shape index (κ3) is 3.15. The predicted octanol–water partition coefficient (Wildman–Crippen LogP) is 4.46. The molecule has 0 aliphatic carbocycles. The third-order valence-corrected chi connectivity index (χ3v) is 4.10. The van der Waals surface area contributed by atoms with Gasteiger partial charge in [0.15, 0.2) is 0 Å².